The number of carbonyl (C=O) groups excluding carboxylic acids is 2. The molecule has 0 aliphatic carbocycles. The smallest absolute Gasteiger partial charge is 0.300 e. The minimum Gasteiger partial charge on any atom is -0.507 e. The van der Waals surface area contributed by atoms with E-state index in [9.17, 15) is 19.8 Å². The first-order valence-corrected chi connectivity index (χ1v) is 10.6. The molecule has 2 N–H and O–H groups in total. The minimum absolute atomic E-state index is 0.0871. The zero-order valence-corrected chi connectivity index (χ0v) is 19.1. The third-order valence-corrected chi connectivity index (χ3v) is 5.93. The van der Waals surface area contributed by atoms with Gasteiger partial charge in [-0.25, -0.2) is 0 Å². The molecule has 1 amide bonds. The Hall–Kier alpha value is -3.77. The maximum Gasteiger partial charge on any atom is 0.300 e. The van der Waals surface area contributed by atoms with Gasteiger partial charge >= 0.3 is 0 Å². The Morgan fingerprint density at radius 1 is 1.00 bits per heavy atom. The number of aromatic hydroxyl groups is 1. The lowest BCUT2D eigenvalue weighted by molar-refractivity contribution is -0.132. The number of phenolic OH excluding ortho intramolecular Hbond substituents is 1. The van der Waals surface area contributed by atoms with Crippen molar-refractivity contribution in [2.24, 2.45) is 0 Å². The van der Waals surface area contributed by atoms with Gasteiger partial charge in [0, 0.05) is 5.56 Å². The fourth-order valence-corrected chi connectivity index (χ4v) is 4.22. The lowest BCUT2D eigenvalue weighted by atomic mass is 9.94. The zero-order chi connectivity index (χ0) is 23.9. The summed E-state index contributed by atoms with van der Waals surface area (Å²) in [6.07, 6.45) is 0. The van der Waals surface area contributed by atoms with Crippen LogP contribution in [-0.2, 0) is 9.59 Å². The second-order valence-electron chi connectivity index (χ2n) is 7.92. The summed E-state index contributed by atoms with van der Waals surface area (Å²) < 4.78 is 5.23. The third-order valence-electron chi connectivity index (χ3n) is 5.62. The van der Waals surface area contributed by atoms with Crippen LogP contribution in [0.4, 0.5) is 5.69 Å². The predicted molar refractivity (Wildman–Crippen MR) is 127 cm³/mol. The summed E-state index contributed by atoms with van der Waals surface area (Å²) in [5.74, 6) is -1.88. The number of aliphatic hydroxyl groups excluding tert-OH is 1. The van der Waals surface area contributed by atoms with Crippen LogP contribution >= 0.6 is 11.6 Å². The van der Waals surface area contributed by atoms with Gasteiger partial charge < -0.3 is 14.9 Å². The summed E-state index contributed by atoms with van der Waals surface area (Å²) >= 11 is 6.11. The quantitative estimate of drug-likeness (QED) is 0.311. The highest BCUT2D eigenvalue weighted by Gasteiger charge is 2.47. The van der Waals surface area contributed by atoms with Crippen molar-refractivity contribution in [3.05, 3.63) is 93.5 Å². The highest BCUT2D eigenvalue weighted by Crippen LogP contribution is 2.45. The number of nitrogens with zero attached hydrogens (tertiary/aromatic N) is 1. The van der Waals surface area contributed by atoms with Crippen molar-refractivity contribution in [3.63, 3.8) is 0 Å². The average Bonchev–Trinajstić information content (AvgIpc) is 3.06. The number of carbonyl (C=O) groups is 2. The number of Topliss-reactive ketones (excluding diaryl/α,β-unsaturated/α-hetero) is 1. The molecule has 1 saturated heterocycles. The highest BCUT2D eigenvalue weighted by atomic mass is 35.5. The topological polar surface area (TPSA) is 87.1 Å². The molecule has 0 saturated carbocycles. The molecule has 1 aliphatic rings. The van der Waals surface area contributed by atoms with E-state index in [1.165, 1.54) is 24.1 Å². The van der Waals surface area contributed by atoms with Gasteiger partial charge in [-0.1, -0.05) is 47.5 Å². The SMILES string of the molecule is COc1cc(/C(O)=C2/C(=O)C(=O)N(c3cc(C)ccc3O)C2c2cccc(C)c2)ccc1Cl. The van der Waals surface area contributed by atoms with E-state index in [-0.39, 0.29) is 28.3 Å². The summed E-state index contributed by atoms with van der Waals surface area (Å²) in [5, 5.41) is 22.1. The Labute approximate surface area is 196 Å². The number of hydrogen-bond acceptors (Lipinski definition) is 5. The maximum absolute atomic E-state index is 13.2. The fourth-order valence-electron chi connectivity index (χ4n) is 4.03. The number of hydrogen-bond donors (Lipinski definition) is 2. The molecule has 1 atom stereocenters. The number of anilines is 1. The number of ether oxygens (including phenoxy) is 1. The molecule has 0 bridgehead atoms. The first-order chi connectivity index (χ1) is 15.7. The molecule has 4 rings (SSSR count). The van der Waals surface area contributed by atoms with Gasteiger partial charge in [-0.2, -0.15) is 0 Å². The number of methoxy groups -OCH3 is 1. The van der Waals surface area contributed by atoms with Crippen molar-refractivity contribution < 1.29 is 24.5 Å². The van der Waals surface area contributed by atoms with E-state index in [1.54, 1.807) is 30.3 Å². The molecule has 1 unspecified atom stereocenters. The van der Waals surface area contributed by atoms with E-state index in [0.717, 1.165) is 11.1 Å². The molecule has 168 valence electrons. The number of aryl methyl sites for hydroxylation is 2. The van der Waals surface area contributed by atoms with Gasteiger partial charge in [0.15, 0.2) is 0 Å². The number of rotatable bonds is 4. The molecule has 1 heterocycles. The van der Waals surface area contributed by atoms with Crippen molar-refractivity contribution in [2.45, 2.75) is 19.9 Å². The van der Waals surface area contributed by atoms with E-state index in [4.69, 9.17) is 16.3 Å². The summed E-state index contributed by atoms with van der Waals surface area (Å²) in [4.78, 5) is 27.7. The molecule has 3 aromatic rings. The van der Waals surface area contributed by atoms with E-state index in [0.29, 0.717) is 16.3 Å². The fraction of sp³-hybridized carbons (Fsp3) is 0.154. The summed E-state index contributed by atoms with van der Waals surface area (Å²) in [6, 6.07) is 15.8. The van der Waals surface area contributed by atoms with Gasteiger partial charge in [-0.3, -0.25) is 14.5 Å². The Balaban J connectivity index is 1.99. The maximum atomic E-state index is 13.2. The van der Waals surface area contributed by atoms with E-state index >= 15 is 0 Å². The molecule has 0 aromatic heterocycles. The zero-order valence-electron chi connectivity index (χ0n) is 18.3. The van der Waals surface area contributed by atoms with Crippen molar-refractivity contribution in [1.29, 1.82) is 0 Å². The van der Waals surface area contributed by atoms with Gasteiger partial charge in [0.1, 0.15) is 17.3 Å². The van der Waals surface area contributed by atoms with Crippen molar-refractivity contribution >= 4 is 34.7 Å². The molecule has 0 spiro atoms. The standard InChI is InChI=1S/C26H22ClNO5/c1-14-5-4-6-16(11-14)23-22(24(30)17-8-9-18(27)21(13-17)33-3)25(31)26(32)28(23)19-12-15(2)7-10-20(19)29/h4-13,23,29-30H,1-3H3/b24-22-. The normalized spacial score (nSPS) is 17.5. The van der Waals surface area contributed by atoms with Crippen LogP contribution in [0.5, 0.6) is 11.5 Å². The largest absolute Gasteiger partial charge is 0.507 e. The first-order valence-electron chi connectivity index (χ1n) is 10.2. The number of halogens is 1. The molecule has 0 radical (unpaired) electrons. The van der Waals surface area contributed by atoms with Gasteiger partial charge in [0.2, 0.25) is 0 Å². The third kappa shape index (κ3) is 3.94. The Bertz CT molecular complexity index is 1310. The van der Waals surface area contributed by atoms with E-state index < -0.39 is 17.7 Å². The van der Waals surface area contributed by atoms with Crippen LogP contribution in [0, 0.1) is 13.8 Å². The molecule has 33 heavy (non-hydrogen) atoms. The number of benzene rings is 3. The van der Waals surface area contributed by atoms with E-state index in [2.05, 4.69) is 0 Å². The number of aliphatic hydroxyl groups is 1. The van der Waals surface area contributed by atoms with Crippen molar-refractivity contribution in [3.8, 4) is 11.5 Å². The number of phenols is 1. The lowest BCUT2D eigenvalue weighted by Crippen LogP contribution is -2.29. The average molecular weight is 464 g/mol. The highest BCUT2D eigenvalue weighted by molar-refractivity contribution is 6.52. The van der Waals surface area contributed by atoms with Gasteiger partial charge in [-0.05, 0) is 55.3 Å². The minimum atomic E-state index is -0.945. The van der Waals surface area contributed by atoms with Crippen molar-refractivity contribution in [1.82, 2.24) is 0 Å². The van der Waals surface area contributed by atoms with Gasteiger partial charge in [0.05, 0.1) is 29.4 Å². The molecule has 1 fully saturated rings. The van der Waals surface area contributed by atoms with Gasteiger partial charge in [-0.15, -0.1) is 0 Å². The second kappa shape index (κ2) is 8.64. The predicted octanol–water partition coefficient (Wildman–Crippen LogP) is 5.30. The second-order valence-corrected chi connectivity index (χ2v) is 8.33. The molecule has 1 aliphatic heterocycles. The van der Waals surface area contributed by atoms with Gasteiger partial charge in [0.25, 0.3) is 11.7 Å². The number of ketones is 1. The lowest BCUT2D eigenvalue weighted by Gasteiger charge is -2.26. The van der Waals surface area contributed by atoms with Crippen LogP contribution in [0.2, 0.25) is 5.02 Å². The molecule has 6 nitrogen and oxygen atoms in total. The first kappa shape index (κ1) is 22.4. The monoisotopic (exact) mass is 463 g/mol. The van der Waals surface area contributed by atoms with E-state index in [1.807, 2.05) is 32.0 Å². The summed E-state index contributed by atoms with van der Waals surface area (Å²) in [5.41, 5.74) is 2.72. The Kier molecular flexibility index (Phi) is 5.87. The Morgan fingerprint density at radius 2 is 1.73 bits per heavy atom. The van der Waals surface area contributed by atoms with Crippen molar-refractivity contribution in [2.75, 3.05) is 12.0 Å². The van der Waals surface area contributed by atoms with Crippen LogP contribution in [0.15, 0.2) is 66.2 Å². The summed E-state index contributed by atoms with van der Waals surface area (Å²) in [6.45, 7) is 3.71. The van der Waals surface area contributed by atoms with Crippen LogP contribution in [0.3, 0.4) is 0 Å². The molecule has 7 heteroatoms. The van der Waals surface area contributed by atoms with Crippen LogP contribution in [0.25, 0.3) is 5.76 Å². The molecular formula is C26H22ClNO5. The molecule has 3 aromatic carbocycles. The number of amides is 1. The Morgan fingerprint density at radius 3 is 2.42 bits per heavy atom. The van der Waals surface area contributed by atoms with Crippen LogP contribution in [-0.4, -0.2) is 29.0 Å². The molecular weight excluding hydrogens is 442 g/mol. The van der Waals surface area contributed by atoms with Crippen LogP contribution < -0.4 is 9.64 Å². The van der Waals surface area contributed by atoms with Crippen LogP contribution in [0.1, 0.15) is 28.3 Å². The summed E-state index contributed by atoms with van der Waals surface area (Å²) in [7, 11) is 1.44.